The molecule has 0 spiro atoms. The second kappa shape index (κ2) is 6.16. The molecule has 0 aliphatic rings. The summed E-state index contributed by atoms with van der Waals surface area (Å²) in [5.41, 5.74) is 0.227. The molecule has 0 bridgehead atoms. The number of carboxylic acid groups (broad SMARTS) is 1. The van der Waals surface area contributed by atoms with Crippen LogP contribution in [0.1, 0.15) is 30.3 Å². The van der Waals surface area contributed by atoms with Crippen LogP contribution in [0.2, 0.25) is 0 Å². The van der Waals surface area contributed by atoms with Crippen LogP contribution in [0.3, 0.4) is 0 Å². The average Bonchev–Trinajstić information content (AvgIpc) is 2.76. The molecule has 1 amide bonds. The summed E-state index contributed by atoms with van der Waals surface area (Å²) in [6, 6.07) is 0. The van der Waals surface area contributed by atoms with E-state index in [0.29, 0.717) is 6.42 Å². The topological polar surface area (TPSA) is 92.2 Å². The predicted octanol–water partition coefficient (Wildman–Crippen LogP) is 0.769. The first-order chi connectivity index (χ1) is 7.65. The summed E-state index contributed by atoms with van der Waals surface area (Å²) in [7, 11) is 0. The average molecular weight is 243 g/mol. The van der Waals surface area contributed by atoms with Crippen LogP contribution < -0.4 is 5.32 Å². The van der Waals surface area contributed by atoms with Gasteiger partial charge in [0.2, 0.25) is 0 Å². The van der Waals surface area contributed by atoms with Crippen molar-refractivity contribution in [3.05, 3.63) is 11.1 Å². The van der Waals surface area contributed by atoms with Crippen molar-refractivity contribution in [2.45, 2.75) is 19.8 Å². The highest BCUT2D eigenvalue weighted by Crippen LogP contribution is 2.05. The van der Waals surface area contributed by atoms with Gasteiger partial charge in [0.25, 0.3) is 5.91 Å². The summed E-state index contributed by atoms with van der Waals surface area (Å²) in [5.74, 6) is -1.81. The molecular weight excluding hydrogens is 230 g/mol. The number of nitrogens with zero attached hydrogens (tertiary/aromatic N) is 2. The summed E-state index contributed by atoms with van der Waals surface area (Å²) in [4.78, 5) is 22.2. The van der Waals surface area contributed by atoms with Crippen LogP contribution in [-0.2, 0) is 4.79 Å². The van der Waals surface area contributed by atoms with E-state index in [2.05, 4.69) is 14.9 Å². The van der Waals surface area contributed by atoms with E-state index in [4.69, 9.17) is 5.11 Å². The summed E-state index contributed by atoms with van der Waals surface area (Å²) in [6.07, 6.45) is 1.32. The molecule has 6 nitrogen and oxygen atoms in total. The Morgan fingerprint density at radius 1 is 1.62 bits per heavy atom. The molecule has 2 N–H and O–H groups in total. The second-order valence-corrected chi connectivity index (χ2v) is 3.93. The van der Waals surface area contributed by atoms with Crippen molar-refractivity contribution < 1.29 is 14.7 Å². The largest absolute Gasteiger partial charge is 0.481 e. The molecule has 1 atom stereocenters. The van der Waals surface area contributed by atoms with Crippen LogP contribution in [0, 0.1) is 5.92 Å². The fraction of sp³-hybridized carbons (Fsp3) is 0.556. The lowest BCUT2D eigenvalue weighted by molar-refractivity contribution is -0.141. The van der Waals surface area contributed by atoms with Gasteiger partial charge in [-0.15, -0.1) is 5.10 Å². The summed E-state index contributed by atoms with van der Waals surface area (Å²) < 4.78 is 3.56. The molecular formula is C9H13N3O3S. The van der Waals surface area contributed by atoms with Gasteiger partial charge in [0.1, 0.15) is 0 Å². The minimum atomic E-state index is -0.890. The maximum atomic E-state index is 11.4. The molecule has 16 heavy (non-hydrogen) atoms. The molecule has 1 unspecified atom stereocenters. The monoisotopic (exact) mass is 243 g/mol. The Kier molecular flexibility index (Phi) is 4.84. The van der Waals surface area contributed by atoms with Crippen LogP contribution in [0.25, 0.3) is 0 Å². The lowest BCUT2D eigenvalue weighted by Crippen LogP contribution is -2.33. The number of hydrogen-bond donors (Lipinski definition) is 2. The Balaban J connectivity index is 2.43. The summed E-state index contributed by atoms with van der Waals surface area (Å²) in [5, 5.41) is 16.5. The summed E-state index contributed by atoms with van der Waals surface area (Å²) in [6.45, 7) is 2.03. The molecule has 1 rings (SSSR count). The first-order valence-corrected chi connectivity index (χ1v) is 5.76. The molecule has 1 aromatic heterocycles. The van der Waals surface area contributed by atoms with Gasteiger partial charge in [0.05, 0.1) is 5.92 Å². The van der Waals surface area contributed by atoms with Gasteiger partial charge in [0.15, 0.2) is 5.69 Å². The smallest absolute Gasteiger partial charge is 0.308 e. The molecule has 0 aromatic carbocycles. The van der Waals surface area contributed by atoms with E-state index in [1.807, 2.05) is 6.92 Å². The zero-order valence-corrected chi connectivity index (χ0v) is 9.66. The van der Waals surface area contributed by atoms with Gasteiger partial charge in [-0.3, -0.25) is 9.59 Å². The van der Waals surface area contributed by atoms with Crippen molar-refractivity contribution in [3.63, 3.8) is 0 Å². The maximum absolute atomic E-state index is 11.4. The van der Waals surface area contributed by atoms with Crippen LogP contribution in [0.4, 0.5) is 0 Å². The highest BCUT2D eigenvalue weighted by molar-refractivity contribution is 7.03. The highest BCUT2D eigenvalue weighted by Gasteiger charge is 2.18. The quantitative estimate of drug-likeness (QED) is 0.769. The third-order valence-electron chi connectivity index (χ3n) is 2.09. The zero-order chi connectivity index (χ0) is 12.0. The lowest BCUT2D eigenvalue weighted by Gasteiger charge is -2.11. The fourth-order valence-electron chi connectivity index (χ4n) is 1.23. The first-order valence-electron chi connectivity index (χ1n) is 4.93. The zero-order valence-electron chi connectivity index (χ0n) is 8.84. The van der Waals surface area contributed by atoms with Crippen molar-refractivity contribution >= 4 is 23.4 Å². The molecule has 0 saturated heterocycles. The third kappa shape index (κ3) is 3.58. The number of carbonyl (C=O) groups is 2. The van der Waals surface area contributed by atoms with Crippen LogP contribution in [0.15, 0.2) is 5.38 Å². The molecule has 88 valence electrons. The van der Waals surface area contributed by atoms with Crippen molar-refractivity contribution in [2.75, 3.05) is 6.54 Å². The Morgan fingerprint density at radius 3 is 2.88 bits per heavy atom. The lowest BCUT2D eigenvalue weighted by atomic mass is 10.0. The molecule has 0 aliphatic heterocycles. The number of aromatic nitrogens is 2. The number of rotatable bonds is 6. The minimum absolute atomic E-state index is 0.125. The number of hydrogen-bond acceptors (Lipinski definition) is 5. The van der Waals surface area contributed by atoms with E-state index in [0.717, 1.165) is 18.0 Å². The fourth-order valence-corrected chi connectivity index (χ4v) is 1.67. The van der Waals surface area contributed by atoms with E-state index in [9.17, 15) is 9.59 Å². The number of carboxylic acids is 1. The number of aliphatic carboxylic acids is 1. The van der Waals surface area contributed by atoms with Crippen LogP contribution >= 0.6 is 11.5 Å². The van der Waals surface area contributed by atoms with Gasteiger partial charge >= 0.3 is 5.97 Å². The van der Waals surface area contributed by atoms with E-state index in [-0.39, 0.29) is 18.1 Å². The Hall–Kier alpha value is -1.50. The second-order valence-electron chi connectivity index (χ2n) is 3.32. The first kappa shape index (κ1) is 12.6. The van der Waals surface area contributed by atoms with Gasteiger partial charge in [-0.2, -0.15) is 0 Å². The highest BCUT2D eigenvalue weighted by atomic mass is 32.1. The van der Waals surface area contributed by atoms with E-state index in [1.165, 1.54) is 5.38 Å². The number of nitrogens with one attached hydrogen (secondary N) is 1. The van der Waals surface area contributed by atoms with Crippen molar-refractivity contribution in [1.29, 1.82) is 0 Å². The van der Waals surface area contributed by atoms with Crippen molar-refractivity contribution in [3.8, 4) is 0 Å². The maximum Gasteiger partial charge on any atom is 0.308 e. The number of amides is 1. The number of carbonyl (C=O) groups excluding carboxylic acids is 1. The van der Waals surface area contributed by atoms with Gasteiger partial charge in [-0.05, 0) is 18.0 Å². The molecule has 0 aliphatic carbocycles. The van der Waals surface area contributed by atoms with Gasteiger partial charge in [0, 0.05) is 11.9 Å². The van der Waals surface area contributed by atoms with Gasteiger partial charge in [-0.25, -0.2) is 0 Å². The van der Waals surface area contributed by atoms with Crippen LogP contribution in [0.5, 0.6) is 0 Å². The molecule has 0 saturated carbocycles. The van der Waals surface area contributed by atoms with Crippen molar-refractivity contribution in [2.24, 2.45) is 5.92 Å². The Labute approximate surface area is 96.8 Å². The minimum Gasteiger partial charge on any atom is -0.481 e. The predicted molar refractivity (Wildman–Crippen MR) is 58.3 cm³/mol. The van der Waals surface area contributed by atoms with Gasteiger partial charge < -0.3 is 10.4 Å². The van der Waals surface area contributed by atoms with E-state index in [1.54, 1.807) is 0 Å². The summed E-state index contributed by atoms with van der Waals surface area (Å²) >= 11 is 1.08. The van der Waals surface area contributed by atoms with Crippen molar-refractivity contribution in [1.82, 2.24) is 14.9 Å². The Morgan fingerprint density at radius 2 is 2.38 bits per heavy atom. The van der Waals surface area contributed by atoms with E-state index < -0.39 is 11.9 Å². The van der Waals surface area contributed by atoms with Gasteiger partial charge in [-0.1, -0.05) is 17.8 Å². The SMILES string of the molecule is CCCC(CNC(=O)c1csnn1)C(=O)O. The Bertz CT molecular complexity index is 353. The molecule has 0 fully saturated rings. The standard InChI is InChI=1S/C9H13N3O3S/c1-2-3-6(9(14)15)4-10-8(13)7-5-16-12-11-7/h5-6H,2-4H2,1H3,(H,10,13)(H,14,15). The molecule has 0 radical (unpaired) electrons. The molecule has 7 heteroatoms. The molecule has 1 aromatic rings. The normalized spacial score (nSPS) is 12.1. The van der Waals surface area contributed by atoms with E-state index >= 15 is 0 Å². The third-order valence-corrected chi connectivity index (χ3v) is 2.59. The van der Waals surface area contributed by atoms with Crippen LogP contribution in [-0.4, -0.2) is 33.1 Å². The molecule has 1 heterocycles.